The van der Waals surface area contributed by atoms with Gasteiger partial charge < -0.3 is 14.2 Å². The minimum atomic E-state index is -0.756. The molecule has 0 spiro atoms. The summed E-state index contributed by atoms with van der Waals surface area (Å²) in [5.41, 5.74) is 0. The number of hydrogen-bond donors (Lipinski definition) is 0. The first kappa shape index (κ1) is 10.3. The maximum Gasteiger partial charge on any atom is 0.303 e. The van der Waals surface area contributed by atoms with Crippen LogP contribution in [0.25, 0.3) is 0 Å². The van der Waals surface area contributed by atoms with Gasteiger partial charge in [0.15, 0.2) is 0 Å². The van der Waals surface area contributed by atoms with Crippen LogP contribution in [0.1, 0.15) is 6.92 Å². The van der Waals surface area contributed by atoms with Crippen molar-refractivity contribution in [3.63, 3.8) is 0 Å². The molecular formula is C8H9IO5. The third kappa shape index (κ3) is 1.66. The topological polar surface area (TPSA) is 61.8 Å². The molecule has 4 atom stereocenters. The summed E-state index contributed by atoms with van der Waals surface area (Å²) in [5, 5.41) is 0. The Morgan fingerprint density at radius 2 is 2.36 bits per heavy atom. The van der Waals surface area contributed by atoms with Crippen molar-refractivity contribution in [2.45, 2.75) is 29.3 Å². The van der Waals surface area contributed by atoms with Crippen molar-refractivity contribution in [1.82, 2.24) is 0 Å². The fourth-order valence-electron chi connectivity index (χ4n) is 1.55. The quantitative estimate of drug-likeness (QED) is 0.389. The molecule has 0 saturated carbocycles. The number of ketones is 1. The Morgan fingerprint density at radius 1 is 1.64 bits per heavy atom. The van der Waals surface area contributed by atoms with Gasteiger partial charge in [-0.1, -0.05) is 22.6 Å². The Morgan fingerprint density at radius 3 is 3.00 bits per heavy atom. The van der Waals surface area contributed by atoms with Gasteiger partial charge in [-0.05, 0) is 0 Å². The molecule has 2 saturated heterocycles. The van der Waals surface area contributed by atoms with E-state index in [4.69, 9.17) is 14.2 Å². The highest BCUT2D eigenvalue weighted by Crippen LogP contribution is 2.31. The Labute approximate surface area is 94.2 Å². The van der Waals surface area contributed by atoms with E-state index in [0.29, 0.717) is 6.61 Å². The van der Waals surface area contributed by atoms with Gasteiger partial charge >= 0.3 is 5.97 Å². The number of rotatable bonds is 1. The van der Waals surface area contributed by atoms with Crippen LogP contribution >= 0.6 is 22.6 Å². The molecule has 0 radical (unpaired) electrons. The lowest BCUT2D eigenvalue weighted by molar-refractivity contribution is -0.171. The van der Waals surface area contributed by atoms with E-state index in [2.05, 4.69) is 0 Å². The van der Waals surface area contributed by atoms with E-state index in [0.717, 1.165) is 0 Å². The van der Waals surface area contributed by atoms with Crippen molar-refractivity contribution >= 4 is 34.3 Å². The Hall–Kier alpha value is -0.210. The summed E-state index contributed by atoms with van der Waals surface area (Å²) < 4.78 is 15.0. The molecule has 0 unspecified atom stereocenters. The minimum Gasteiger partial charge on any atom is -0.458 e. The zero-order valence-electron chi connectivity index (χ0n) is 7.44. The Kier molecular flexibility index (Phi) is 2.76. The highest BCUT2D eigenvalue weighted by Gasteiger charge is 2.50. The summed E-state index contributed by atoms with van der Waals surface area (Å²) in [4.78, 5) is 22.3. The van der Waals surface area contributed by atoms with Gasteiger partial charge in [0.1, 0.15) is 16.1 Å². The second-order valence-corrected chi connectivity index (χ2v) is 4.56. The standard InChI is InChI=1S/C8H9IO5/c1-3(10)13-7-4-2-12-8(14-4)6(11)5(7)9/h4-5,7-8H,2H2,1H3/t4-,5+,7-,8-/m1/s1. The normalized spacial score (nSPS) is 41.1. The maximum atomic E-state index is 11.5. The van der Waals surface area contributed by atoms with E-state index in [-0.39, 0.29) is 15.8 Å². The summed E-state index contributed by atoms with van der Waals surface area (Å²) in [7, 11) is 0. The number of alkyl halides is 1. The van der Waals surface area contributed by atoms with Crippen molar-refractivity contribution in [3.05, 3.63) is 0 Å². The number of carbonyl (C=O) groups is 2. The van der Waals surface area contributed by atoms with Gasteiger partial charge in [-0.15, -0.1) is 0 Å². The van der Waals surface area contributed by atoms with Crippen LogP contribution in [0.4, 0.5) is 0 Å². The largest absolute Gasteiger partial charge is 0.458 e. The molecule has 2 aliphatic rings. The van der Waals surface area contributed by atoms with Crippen LogP contribution in [-0.4, -0.2) is 40.8 Å². The van der Waals surface area contributed by atoms with Gasteiger partial charge in [-0.25, -0.2) is 0 Å². The second-order valence-electron chi connectivity index (χ2n) is 3.22. The van der Waals surface area contributed by atoms with Crippen molar-refractivity contribution in [2.75, 3.05) is 6.61 Å². The fraction of sp³-hybridized carbons (Fsp3) is 0.750. The molecule has 0 aromatic heterocycles. The molecule has 14 heavy (non-hydrogen) atoms. The van der Waals surface area contributed by atoms with E-state index in [1.54, 1.807) is 0 Å². The molecule has 0 aromatic rings. The summed E-state index contributed by atoms with van der Waals surface area (Å²) in [6, 6.07) is 0. The van der Waals surface area contributed by atoms with Crippen LogP contribution < -0.4 is 0 Å². The zero-order valence-corrected chi connectivity index (χ0v) is 9.59. The molecule has 2 rings (SSSR count). The predicted molar refractivity (Wildman–Crippen MR) is 53.0 cm³/mol. The van der Waals surface area contributed by atoms with Gasteiger partial charge in [0.05, 0.1) is 6.61 Å². The highest BCUT2D eigenvalue weighted by molar-refractivity contribution is 14.1. The lowest BCUT2D eigenvalue weighted by Crippen LogP contribution is -2.50. The van der Waals surface area contributed by atoms with E-state index in [1.165, 1.54) is 6.92 Å². The van der Waals surface area contributed by atoms with Gasteiger partial charge in [0, 0.05) is 6.92 Å². The molecule has 0 aromatic carbocycles. The van der Waals surface area contributed by atoms with E-state index < -0.39 is 18.4 Å². The first-order valence-electron chi connectivity index (χ1n) is 4.21. The smallest absolute Gasteiger partial charge is 0.303 e. The predicted octanol–water partition coefficient (Wildman–Crippen LogP) is 0.0459. The SMILES string of the molecule is CC(=O)O[C@@H]1[C@H]2CO[C@H](O2)C(=O)[C@@H]1I. The van der Waals surface area contributed by atoms with Crippen LogP contribution in [0.5, 0.6) is 0 Å². The van der Waals surface area contributed by atoms with Gasteiger partial charge in [0.25, 0.3) is 0 Å². The zero-order chi connectivity index (χ0) is 10.3. The monoisotopic (exact) mass is 312 g/mol. The molecule has 2 aliphatic heterocycles. The maximum absolute atomic E-state index is 11.5. The Balaban J connectivity index is 2.14. The number of halogens is 1. The van der Waals surface area contributed by atoms with Gasteiger partial charge in [-0.3, -0.25) is 9.59 Å². The van der Waals surface area contributed by atoms with Crippen molar-refractivity contribution in [3.8, 4) is 0 Å². The lowest BCUT2D eigenvalue weighted by atomic mass is 10.1. The molecule has 5 nitrogen and oxygen atoms in total. The van der Waals surface area contributed by atoms with Crippen LogP contribution in [0.2, 0.25) is 0 Å². The molecule has 2 bridgehead atoms. The second kappa shape index (κ2) is 3.74. The van der Waals surface area contributed by atoms with Crippen LogP contribution in [0.15, 0.2) is 0 Å². The van der Waals surface area contributed by atoms with Crippen molar-refractivity contribution in [1.29, 1.82) is 0 Å². The summed E-state index contributed by atoms with van der Waals surface area (Å²) in [5.74, 6) is -0.566. The molecule has 0 aliphatic carbocycles. The lowest BCUT2D eigenvalue weighted by Gasteiger charge is -2.29. The van der Waals surface area contributed by atoms with Crippen LogP contribution in [0, 0.1) is 0 Å². The van der Waals surface area contributed by atoms with E-state index in [9.17, 15) is 9.59 Å². The first-order chi connectivity index (χ1) is 6.59. The molecular weight excluding hydrogens is 303 g/mol. The average molecular weight is 312 g/mol. The molecule has 2 heterocycles. The van der Waals surface area contributed by atoms with Crippen molar-refractivity contribution < 1.29 is 23.8 Å². The molecule has 6 heteroatoms. The molecule has 0 amide bonds. The van der Waals surface area contributed by atoms with Gasteiger partial charge in [-0.2, -0.15) is 0 Å². The third-order valence-corrected chi connectivity index (χ3v) is 3.49. The van der Waals surface area contributed by atoms with Crippen LogP contribution in [-0.2, 0) is 23.8 Å². The van der Waals surface area contributed by atoms with Crippen LogP contribution in [0.3, 0.4) is 0 Å². The van der Waals surface area contributed by atoms with Crippen molar-refractivity contribution in [2.24, 2.45) is 0 Å². The van der Waals surface area contributed by atoms with E-state index in [1.807, 2.05) is 22.6 Å². The minimum absolute atomic E-state index is 0.161. The number of Topliss-reactive ketones (excluding diaryl/α,β-unsaturated/α-hetero) is 1. The highest BCUT2D eigenvalue weighted by atomic mass is 127. The molecule has 2 fully saturated rings. The number of esters is 1. The summed E-state index contributed by atoms with van der Waals surface area (Å²) in [6.07, 6.45) is -1.57. The van der Waals surface area contributed by atoms with Gasteiger partial charge in [0.2, 0.25) is 12.1 Å². The Bertz CT molecular complexity index is 279. The number of ether oxygens (including phenoxy) is 3. The number of carbonyl (C=O) groups excluding carboxylic acids is 2. The number of hydrogen-bond acceptors (Lipinski definition) is 5. The molecule has 78 valence electrons. The summed E-state index contributed by atoms with van der Waals surface area (Å²) in [6.45, 7) is 1.63. The summed E-state index contributed by atoms with van der Waals surface area (Å²) >= 11 is 1.96. The average Bonchev–Trinajstić information content (AvgIpc) is 2.55. The fourth-order valence-corrected chi connectivity index (χ4v) is 2.45. The first-order valence-corrected chi connectivity index (χ1v) is 5.46. The van der Waals surface area contributed by atoms with E-state index >= 15 is 0 Å². The third-order valence-electron chi connectivity index (χ3n) is 2.17. The molecule has 0 N–H and O–H groups in total. The number of fused-ring (bicyclic) bond motifs is 2.